The molecule has 3 aromatic rings. The molecule has 3 rings (SSSR count). The van der Waals surface area contributed by atoms with Gasteiger partial charge in [0.1, 0.15) is 11.6 Å². The Morgan fingerprint density at radius 1 is 1.13 bits per heavy atom. The fourth-order valence-electron chi connectivity index (χ4n) is 2.91. The van der Waals surface area contributed by atoms with E-state index >= 15 is 0 Å². The summed E-state index contributed by atoms with van der Waals surface area (Å²) < 4.78 is 49.0. The van der Waals surface area contributed by atoms with E-state index in [1.807, 2.05) is 13.8 Å². The van der Waals surface area contributed by atoms with Crippen LogP contribution in [0.1, 0.15) is 32.0 Å². The first-order valence-electron chi connectivity index (χ1n) is 9.21. The van der Waals surface area contributed by atoms with Gasteiger partial charge in [-0.1, -0.05) is 30.1 Å². The maximum absolute atomic E-state index is 13.1. The van der Waals surface area contributed by atoms with Gasteiger partial charge in [0.05, 0.1) is 32.9 Å². The van der Waals surface area contributed by atoms with E-state index in [0.29, 0.717) is 24.4 Å². The zero-order chi connectivity index (χ0) is 21.9. The molecule has 0 radical (unpaired) electrons. The van der Waals surface area contributed by atoms with Crippen molar-refractivity contribution in [3.63, 3.8) is 0 Å². The molecule has 1 unspecified atom stereocenters. The van der Waals surface area contributed by atoms with E-state index in [0.717, 1.165) is 0 Å². The number of halogens is 3. The molecule has 0 aliphatic carbocycles. The van der Waals surface area contributed by atoms with Crippen molar-refractivity contribution in [3.05, 3.63) is 70.2 Å². The summed E-state index contributed by atoms with van der Waals surface area (Å²) >= 11 is 11.9. The van der Waals surface area contributed by atoms with Gasteiger partial charge in [-0.15, -0.1) is 0 Å². The van der Waals surface area contributed by atoms with Crippen LogP contribution in [0.2, 0.25) is 10.0 Å². The minimum Gasteiger partial charge on any atom is -0.426 e. The molecular formula is C20H20Cl2FN3O3S. The van der Waals surface area contributed by atoms with Crippen molar-refractivity contribution in [1.82, 2.24) is 14.3 Å². The van der Waals surface area contributed by atoms with E-state index in [1.54, 1.807) is 10.8 Å². The Balaban J connectivity index is 1.88. The topological polar surface area (TPSA) is 73.2 Å². The summed E-state index contributed by atoms with van der Waals surface area (Å²) in [6.07, 6.45) is 2.04. The summed E-state index contributed by atoms with van der Waals surface area (Å²) in [6.45, 7) is 4.25. The summed E-state index contributed by atoms with van der Waals surface area (Å²) in [6, 6.07) is 9.43. The highest BCUT2D eigenvalue weighted by Gasteiger charge is 2.25. The molecular weight excluding hydrogens is 452 g/mol. The average molecular weight is 472 g/mol. The normalized spacial score (nSPS) is 12.7. The van der Waals surface area contributed by atoms with E-state index in [-0.39, 0.29) is 26.8 Å². The lowest BCUT2D eigenvalue weighted by Gasteiger charge is -2.19. The number of hydrogen-bond donors (Lipinski definition) is 1. The SMILES string of the molecule is CCC(NS(=O)(=O)c1ccc(Cl)c(Cl)c1)c1cnc(Oc2ccc(F)cc2)n1CC. The summed E-state index contributed by atoms with van der Waals surface area (Å²) in [5.74, 6) is 0.0531. The minimum atomic E-state index is -3.86. The Bertz CT molecular complexity index is 1130. The zero-order valence-electron chi connectivity index (χ0n) is 16.3. The predicted octanol–water partition coefficient (Wildman–Crippen LogP) is 5.57. The van der Waals surface area contributed by atoms with Gasteiger partial charge in [-0.3, -0.25) is 4.57 Å². The first-order chi connectivity index (χ1) is 14.2. The van der Waals surface area contributed by atoms with Crippen LogP contribution in [0.4, 0.5) is 4.39 Å². The Hall–Kier alpha value is -2.13. The Labute approximate surface area is 184 Å². The van der Waals surface area contributed by atoms with Crippen molar-refractivity contribution in [2.45, 2.75) is 37.8 Å². The summed E-state index contributed by atoms with van der Waals surface area (Å²) in [5.41, 5.74) is 0.640. The largest absolute Gasteiger partial charge is 0.426 e. The minimum absolute atomic E-state index is 0.0145. The number of nitrogens with one attached hydrogen (secondary N) is 1. The van der Waals surface area contributed by atoms with Crippen LogP contribution < -0.4 is 9.46 Å². The van der Waals surface area contributed by atoms with Gasteiger partial charge in [0.25, 0.3) is 0 Å². The highest BCUT2D eigenvalue weighted by Crippen LogP contribution is 2.29. The third-order valence-electron chi connectivity index (χ3n) is 4.45. The summed E-state index contributed by atoms with van der Waals surface area (Å²) in [5, 5.41) is 0.426. The highest BCUT2D eigenvalue weighted by molar-refractivity contribution is 7.89. The van der Waals surface area contributed by atoms with E-state index in [9.17, 15) is 12.8 Å². The molecule has 0 saturated heterocycles. The van der Waals surface area contributed by atoms with Gasteiger partial charge in [-0.25, -0.2) is 22.5 Å². The Morgan fingerprint density at radius 2 is 1.83 bits per heavy atom. The maximum Gasteiger partial charge on any atom is 0.302 e. The van der Waals surface area contributed by atoms with E-state index < -0.39 is 16.1 Å². The molecule has 0 saturated carbocycles. The van der Waals surface area contributed by atoms with Crippen molar-refractivity contribution in [2.24, 2.45) is 0 Å². The van der Waals surface area contributed by atoms with Crippen molar-refractivity contribution >= 4 is 33.2 Å². The van der Waals surface area contributed by atoms with Crippen LogP contribution >= 0.6 is 23.2 Å². The van der Waals surface area contributed by atoms with Gasteiger partial charge < -0.3 is 4.74 Å². The lowest BCUT2D eigenvalue weighted by molar-refractivity contribution is 0.405. The number of rotatable bonds is 8. The molecule has 1 atom stereocenters. The number of imidazole rings is 1. The molecule has 2 aromatic carbocycles. The van der Waals surface area contributed by atoms with Gasteiger partial charge >= 0.3 is 6.01 Å². The second-order valence-electron chi connectivity index (χ2n) is 6.42. The van der Waals surface area contributed by atoms with Crippen molar-refractivity contribution in [1.29, 1.82) is 0 Å². The number of sulfonamides is 1. The lowest BCUT2D eigenvalue weighted by atomic mass is 10.2. The molecule has 10 heteroatoms. The summed E-state index contributed by atoms with van der Waals surface area (Å²) in [4.78, 5) is 4.29. The van der Waals surface area contributed by atoms with Gasteiger partial charge in [0.15, 0.2) is 0 Å². The first kappa shape index (κ1) is 22.6. The average Bonchev–Trinajstić information content (AvgIpc) is 3.12. The third-order valence-corrected chi connectivity index (χ3v) is 6.66. The number of nitrogens with zero attached hydrogens (tertiary/aromatic N) is 2. The fraction of sp³-hybridized carbons (Fsp3) is 0.250. The molecule has 160 valence electrons. The van der Waals surface area contributed by atoms with Crippen LogP contribution in [0, 0.1) is 5.82 Å². The Kier molecular flexibility index (Phi) is 7.02. The Morgan fingerprint density at radius 3 is 2.43 bits per heavy atom. The molecule has 0 amide bonds. The van der Waals surface area contributed by atoms with Crippen LogP contribution in [0.3, 0.4) is 0 Å². The number of ether oxygens (including phenoxy) is 1. The fourth-order valence-corrected chi connectivity index (χ4v) is 4.59. The molecule has 0 spiro atoms. The zero-order valence-corrected chi connectivity index (χ0v) is 18.6. The molecule has 1 heterocycles. The molecule has 1 aromatic heterocycles. The summed E-state index contributed by atoms with van der Waals surface area (Å²) in [7, 11) is -3.86. The quantitative estimate of drug-likeness (QED) is 0.465. The standard InChI is InChI=1S/C20H20Cl2FN3O3S/c1-3-18(25-30(27,28)15-9-10-16(21)17(22)11-15)19-12-24-20(26(19)4-2)29-14-7-5-13(23)6-8-14/h5-12,18,25H,3-4H2,1-2H3. The molecule has 0 bridgehead atoms. The van der Waals surface area contributed by atoms with Crippen molar-refractivity contribution < 1.29 is 17.5 Å². The molecule has 0 aliphatic rings. The van der Waals surface area contributed by atoms with Crippen LogP contribution in [-0.2, 0) is 16.6 Å². The van der Waals surface area contributed by atoms with Crippen molar-refractivity contribution in [2.75, 3.05) is 0 Å². The molecule has 30 heavy (non-hydrogen) atoms. The highest BCUT2D eigenvalue weighted by atomic mass is 35.5. The predicted molar refractivity (Wildman–Crippen MR) is 114 cm³/mol. The number of aromatic nitrogens is 2. The van der Waals surface area contributed by atoms with E-state index in [4.69, 9.17) is 27.9 Å². The molecule has 6 nitrogen and oxygen atoms in total. The number of hydrogen-bond acceptors (Lipinski definition) is 4. The van der Waals surface area contributed by atoms with Gasteiger partial charge in [0.2, 0.25) is 10.0 Å². The van der Waals surface area contributed by atoms with E-state index in [2.05, 4.69) is 9.71 Å². The molecule has 0 aliphatic heterocycles. The molecule has 1 N–H and O–H groups in total. The van der Waals surface area contributed by atoms with Gasteiger partial charge in [-0.2, -0.15) is 0 Å². The van der Waals surface area contributed by atoms with Crippen LogP contribution in [0.25, 0.3) is 0 Å². The van der Waals surface area contributed by atoms with Gasteiger partial charge in [0, 0.05) is 6.54 Å². The van der Waals surface area contributed by atoms with Crippen molar-refractivity contribution in [3.8, 4) is 11.8 Å². The second kappa shape index (κ2) is 9.34. The monoisotopic (exact) mass is 471 g/mol. The van der Waals surface area contributed by atoms with E-state index in [1.165, 1.54) is 42.5 Å². The molecule has 0 fully saturated rings. The lowest BCUT2D eigenvalue weighted by Crippen LogP contribution is -2.29. The van der Waals surface area contributed by atoms with Crippen LogP contribution in [-0.4, -0.2) is 18.0 Å². The third kappa shape index (κ3) is 4.95. The van der Waals surface area contributed by atoms with Gasteiger partial charge in [-0.05, 0) is 55.8 Å². The number of benzene rings is 2. The maximum atomic E-state index is 13.1. The van der Waals surface area contributed by atoms with Crippen LogP contribution in [0.5, 0.6) is 11.8 Å². The first-order valence-corrected chi connectivity index (χ1v) is 11.4. The second-order valence-corrected chi connectivity index (χ2v) is 8.95. The smallest absolute Gasteiger partial charge is 0.302 e. The van der Waals surface area contributed by atoms with Crippen LogP contribution in [0.15, 0.2) is 53.6 Å².